The Kier molecular flexibility index (Phi) is 3.00. The van der Waals surface area contributed by atoms with Gasteiger partial charge in [-0.3, -0.25) is 0 Å². The highest BCUT2D eigenvalue weighted by atomic mass is 19.1. The van der Waals surface area contributed by atoms with E-state index in [2.05, 4.69) is 12.2 Å². The van der Waals surface area contributed by atoms with E-state index in [-0.39, 0.29) is 6.04 Å². The molecule has 1 aromatic carbocycles. The van der Waals surface area contributed by atoms with Crippen LogP contribution in [-0.4, -0.2) is 6.54 Å². The molecule has 1 fully saturated rings. The summed E-state index contributed by atoms with van der Waals surface area (Å²) in [7, 11) is 0. The maximum atomic E-state index is 13.5. The quantitative estimate of drug-likeness (QED) is 0.792. The summed E-state index contributed by atoms with van der Waals surface area (Å²) in [5.41, 5.74) is 0.598. The fourth-order valence-electron chi connectivity index (χ4n) is 2.32. The Labute approximate surface area is 88.5 Å². The van der Waals surface area contributed by atoms with Gasteiger partial charge in [-0.15, -0.1) is 0 Å². The SMILES string of the molecule is CC[C@@H]1CCN[C@H]1c1ccc(F)cc1F. The number of halogens is 2. The van der Waals surface area contributed by atoms with Crippen LogP contribution in [0.2, 0.25) is 0 Å². The number of nitrogens with one attached hydrogen (secondary N) is 1. The fraction of sp³-hybridized carbons (Fsp3) is 0.500. The third-order valence-corrected chi connectivity index (χ3v) is 3.17. The van der Waals surface area contributed by atoms with Crippen LogP contribution in [0, 0.1) is 17.6 Å². The van der Waals surface area contributed by atoms with E-state index in [1.54, 1.807) is 6.07 Å². The highest BCUT2D eigenvalue weighted by Crippen LogP contribution is 2.33. The molecule has 0 unspecified atom stereocenters. The smallest absolute Gasteiger partial charge is 0.130 e. The van der Waals surface area contributed by atoms with Crippen LogP contribution < -0.4 is 5.32 Å². The van der Waals surface area contributed by atoms with Gasteiger partial charge in [0.2, 0.25) is 0 Å². The molecule has 0 aromatic heterocycles. The summed E-state index contributed by atoms with van der Waals surface area (Å²) in [5, 5.41) is 3.27. The lowest BCUT2D eigenvalue weighted by molar-refractivity contribution is 0.430. The molecule has 0 saturated carbocycles. The molecule has 0 bridgehead atoms. The molecule has 3 heteroatoms. The summed E-state index contributed by atoms with van der Waals surface area (Å²) >= 11 is 0. The summed E-state index contributed by atoms with van der Waals surface area (Å²) in [6.45, 7) is 3.02. The maximum absolute atomic E-state index is 13.5. The van der Waals surface area contributed by atoms with Crippen LogP contribution in [0.15, 0.2) is 18.2 Å². The molecule has 0 spiro atoms. The highest BCUT2D eigenvalue weighted by Gasteiger charge is 2.28. The monoisotopic (exact) mass is 211 g/mol. The van der Waals surface area contributed by atoms with Gasteiger partial charge in [-0.1, -0.05) is 19.4 Å². The largest absolute Gasteiger partial charge is 0.310 e. The van der Waals surface area contributed by atoms with E-state index in [0.717, 1.165) is 25.5 Å². The van der Waals surface area contributed by atoms with Crippen molar-refractivity contribution in [3.63, 3.8) is 0 Å². The summed E-state index contributed by atoms with van der Waals surface area (Å²) in [4.78, 5) is 0. The van der Waals surface area contributed by atoms with Crippen LogP contribution in [-0.2, 0) is 0 Å². The number of rotatable bonds is 2. The number of hydrogen-bond donors (Lipinski definition) is 1. The van der Waals surface area contributed by atoms with Gasteiger partial charge in [-0.2, -0.15) is 0 Å². The van der Waals surface area contributed by atoms with E-state index in [9.17, 15) is 8.78 Å². The Morgan fingerprint density at radius 2 is 2.20 bits per heavy atom. The van der Waals surface area contributed by atoms with Gasteiger partial charge in [0.05, 0.1) is 0 Å². The Morgan fingerprint density at radius 1 is 1.40 bits per heavy atom. The molecule has 0 amide bonds. The predicted octanol–water partition coefficient (Wildman–Crippen LogP) is 3.03. The molecule has 1 N–H and O–H groups in total. The van der Waals surface area contributed by atoms with Crippen molar-refractivity contribution in [2.45, 2.75) is 25.8 Å². The molecule has 1 aromatic rings. The minimum Gasteiger partial charge on any atom is -0.310 e. The molecule has 1 heterocycles. The van der Waals surface area contributed by atoms with Crippen molar-refractivity contribution < 1.29 is 8.78 Å². The van der Waals surface area contributed by atoms with Crippen LogP contribution in [0.3, 0.4) is 0 Å². The molecule has 15 heavy (non-hydrogen) atoms. The fourth-order valence-corrected chi connectivity index (χ4v) is 2.32. The van der Waals surface area contributed by atoms with Crippen LogP contribution in [0.4, 0.5) is 8.78 Å². The van der Waals surface area contributed by atoms with Gasteiger partial charge < -0.3 is 5.32 Å². The van der Waals surface area contributed by atoms with Crippen molar-refractivity contribution in [3.8, 4) is 0 Å². The van der Waals surface area contributed by atoms with Crippen molar-refractivity contribution in [3.05, 3.63) is 35.4 Å². The minimum atomic E-state index is -0.512. The van der Waals surface area contributed by atoms with E-state index < -0.39 is 11.6 Å². The Balaban J connectivity index is 2.28. The molecule has 1 aliphatic rings. The maximum Gasteiger partial charge on any atom is 0.130 e. The highest BCUT2D eigenvalue weighted by molar-refractivity contribution is 5.23. The van der Waals surface area contributed by atoms with Gasteiger partial charge in [0, 0.05) is 17.7 Å². The molecule has 1 nitrogen and oxygen atoms in total. The average molecular weight is 211 g/mol. The Morgan fingerprint density at radius 3 is 2.87 bits per heavy atom. The first-order chi connectivity index (χ1) is 7.22. The first-order valence-corrected chi connectivity index (χ1v) is 5.40. The standard InChI is InChI=1S/C12H15F2N/c1-2-8-5-6-15-12(8)10-4-3-9(13)7-11(10)14/h3-4,7-8,12,15H,2,5-6H2,1H3/t8-,12-/m1/s1. The van der Waals surface area contributed by atoms with Crippen LogP contribution >= 0.6 is 0 Å². The lowest BCUT2D eigenvalue weighted by Gasteiger charge is -2.19. The number of benzene rings is 1. The molecule has 2 rings (SSSR count). The second kappa shape index (κ2) is 4.27. The Hall–Kier alpha value is -0.960. The van der Waals surface area contributed by atoms with Crippen LogP contribution in [0.5, 0.6) is 0 Å². The minimum absolute atomic E-state index is 0.0515. The van der Waals surface area contributed by atoms with E-state index >= 15 is 0 Å². The lowest BCUT2D eigenvalue weighted by atomic mass is 9.92. The second-order valence-electron chi connectivity index (χ2n) is 4.05. The van der Waals surface area contributed by atoms with Crippen LogP contribution in [0.25, 0.3) is 0 Å². The topological polar surface area (TPSA) is 12.0 Å². The zero-order valence-electron chi connectivity index (χ0n) is 8.76. The Bertz CT molecular complexity index is 351. The zero-order chi connectivity index (χ0) is 10.8. The van der Waals surface area contributed by atoms with Crippen molar-refractivity contribution in [2.24, 2.45) is 5.92 Å². The summed E-state index contributed by atoms with van der Waals surface area (Å²) < 4.78 is 26.3. The predicted molar refractivity (Wildman–Crippen MR) is 55.5 cm³/mol. The van der Waals surface area contributed by atoms with Crippen molar-refractivity contribution in [1.82, 2.24) is 5.32 Å². The van der Waals surface area contributed by atoms with Gasteiger partial charge in [-0.25, -0.2) is 8.78 Å². The summed E-state index contributed by atoms with van der Waals surface area (Å²) in [6.07, 6.45) is 2.09. The molecule has 1 saturated heterocycles. The zero-order valence-corrected chi connectivity index (χ0v) is 8.76. The molecular weight excluding hydrogens is 196 g/mol. The van der Waals surface area contributed by atoms with Crippen molar-refractivity contribution in [2.75, 3.05) is 6.54 Å². The van der Waals surface area contributed by atoms with E-state index in [1.165, 1.54) is 6.07 Å². The third-order valence-electron chi connectivity index (χ3n) is 3.17. The summed E-state index contributed by atoms with van der Waals surface area (Å²) in [5.74, 6) is -0.486. The van der Waals surface area contributed by atoms with Crippen LogP contribution in [0.1, 0.15) is 31.4 Å². The third kappa shape index (κ3) is 2.02. The van der Waals surface area contributed by atoms with E-state index in [4.69, 9.17) is 0 Å². The van der Waals surface area contributed by atoms with Gasteiger partial charge in [0.25, 0.3) is 0 Å². The van der Waals surface area contributed by atoms with Crippen molar-refractivity contribution in [1.29, 1.82) is 0 Å². The van der Waals surface area contributed by atoms with E-state index in [0.29, 0.717) is 11.5 Å². The van der Waals surface area contributed by atoms with Gasteiger partial charge >= 0.3 is 0 Å². The average Bonchev–Trinajstić information content (AvgIpc) is 2.65. The first kappa shape index (κ1) is 10.6. The van der Waals surface area contributed by atoms with Gasteiger partial charge in [0.1, 0.15) is 11.6 Å². The summed E-state index contributed by atoms with van der Waals surface area (Å²) in [6, 6.07) is 3.89. The number of hydrogen-bond acceptors (Lipinski definition) is 1. The second-order valence-corrected chi connectivity index (χ2v) is 4.05. The van der Waals surface area contributed by atoms with Gasteiger partial charge in [0.15, 0.2) is 0 Å². The molecule has 0 aliphatic carbocycles. The molecule has 1 aliphatic heterocycles. The van der Waals surface area contributed by atoms with E-state index in [1.807, 2.05) is 0 Å². The first-order valence-electron chi connectivity index (χ1n) is 5.40. The lowest BCUT2D eigenvalue weighted by Crippen LogP contribution is -2.19. The molecule has 2 atom stereocenters. The molecule has 82 valence electrons. The van der Waals surface area contributed by atoms with Gasteiger partial charge in [-0.05, 0) is 24.9 Å². The van der Waals surface area contributed by atoms with Crippen molar-refractivity contribution >= 4 is 0 Å². The molecular formula is C12H15F2N. The molecule has 0 radical (unpaired) electrons. The normalized spacial score (nSPS) is 25.8.